The zero-order valence-corrected chi connectivity index (χ0v) is 13.2. The van der Waals surface area contributed by atoms with E-state index in [-0.39, 0.29) is 0 Å². The van der Waals surface area contributed by atoms with Gasteiger partial charge in [-0.15, -0.1) is 0 Å². The average molecular weight is 265 g/mol. The summed E-state index contributed by atoms with van der Waals surface area (Å²) in [5.74, 6) is 0.976. The minimum atomic E-state index is 0.509. The first-order valence-electron chi connectivity index (χ1n) is 8.15. The van der Waals surface area contributed by atoms with Crippen LogP contribution < -0.4 is 5.32 Å². The van der Waals surface area contributed by atoms with Crippen LogP contribution in [0.1, 0.15) is 59.3 Å². The molecule has 4 aliphatic carbocycles. The van der Waals surface area contributed by atoms with Crippen molar-refractivity contribution in [3.8, 4) is 0 Å². The lowest BCUT2D eigenvalue weighted by Crippen LogP contribution is -2.62. The Bertz CT molecular complexity index is 329. The molecule has 3 atom stereocenters. The highest BCUT2D eigenvalue weighted by molar-refractivity contribution is 5.13. The Kier molecular flexibility index (Phi) is 3.26. The van der Waals surface area contributed by atoms with Gasteiger partial charge < -0.3 is 10.1 Å². The van der Waals surface area contributed by atoms with Gasteiger partial charge in [-0.2, -0.15) is 0 Å². The van der Waals surface area contributed by atoms with Crippen LogP contribution in [-0.4, -0.2) is 26.3 Å². The first-order valence-corrected chi connectivity index (χ1v) is 8.15. The maximum atomic E-state index is 5.55. The number of hydrogen-bond acceptors (Lipinski definition) is 2. The molecule has 0 radical (unpaired) electrons. The molecule has 0 aromatic rings. The van der Waals surface area contributed by atoms with E-state index in [0.717, 1.165) is 19.1 Å². The fraction of sp³-hybridized carbons (Fsp3) is 1.00. The van der Waals surface area contributed by atoms with Crippen molar-refractivity contribution < 1.29 is 4.74 Å². The highest BCUT2D eigenvalue weighted by Crippen LogP contribution is 2.70. The highest BCUT2D eigenvalue weighted by Gasteiger charge is 2.61. The molecule has 0 aliphatic heterocycles. The molecule has 2 nitrogen and oxygen atoms in total. The van der Waals surface area contributed by atoms with Crippen molar-refractivity contribution in [3.05, 3.63) is 0 Å². The first-order chi connectivity index (χ1) is 8.93. The summed E-state index contributed by atoms with van der Waals surface area (Å²) in [6, 6.07) is 0.560. The van der Waals surface area contributed by atoms with Gasteiger partial charge in [0, 0.05) is 13.2 Å². The van der Waals surface area contributed by atoms with Gasteiger partial charge in [-0.3, -0.25) is 0 Å². The van der Waals surface area contributed by atoms with Gasteiger partial charge in [0.05, 0.1) is 6.61 Å². The van der Waals surface area contributed by atoms with Crippen LogP contribution in [0.3, 0.4) is 0 Å². The quantitative estimate of drug-likeness (QED) is 0.820. The summed E-state index contributed by atoms with van der Waals surface area (Å²) >= 11 is 0. The molecule has 0 aromatic heterocycles. The summed E-state index contributed by atoms with van der Waals surface area (Å²) in [7, 11) is 1.86. The predicted molar refractivity (Wildman–Crippen MR) is 79.2 cm³/mol. The van der Waals surface area contributed by atoms with Gasteiger partial charge in [-0.1, -0.05) is 20.8 Å². The molecule has 4 rings (SSSR count). The zero-order chi connectivity index (χ0) is 13.7. The van der Waals surface area contributed by atoms with Crippen molar-refractivity contribution in [2.24, 2.45) is 22.2 Å². The molecule has 0 amide bonds. The van der Waals surface area contributed by atoms with E-state index < -0.39 is 0 Å². The molecule has 1 N–H and O–H groups in total. The van der Waals surface area contributed by atoms with Crippen molar-refractivity contribution in [1.29, 1.82) is 0 Å². The number of nitrogens with one attached hydrogen (secondary N) is 1. The van der Waals surface area contributed by atoms with E-state index in [1.165, 1.54) is 38.5 Å². The Morgan fingerprint density at radius 3 is 2.21 bits per heavy atom. The zero-order valence-electron chi connectivity index (χ0n) is 13.2. The average Bonchev–Trinajstić information content (AvgIpc) is 2.23. The summed E-state index contributed by atoms with van der Waals surface area (Å²) in [5, 5.41) is 3.75. The molecule has 0 saturated heterocycles. The van der Waals surface area contributed by atoms with Crippen LogP contribution in [0.4, 0.5) is 0 Å². The van der Waals surface area contributed by atoms with Gasteiger partial charge in [0.25, 0.3) is 0 Å². The highest BCUT2D eigenvalue weighted by atomic mass is 16.5. The second-order valence-corrected chi connectivity index (χ2v) is 8.56. The van der Waals surface area contributed by atoms with E-state index in [0.29, 0.717) is 22.3 Å². The number of ether oxygens (including phenoxy) is 1. The fourth-order valence-corrected chi connectivity index (χ4v) is 6.79. The molecule has 4 fully saturated rings. The van der Waals surface area contributed by atoms with Crippen LogP contribution in [0.2, 0.25) is 0 Å². The number of likely N-dealkylation sites (N-methyl/N-ethyl adjacent to an activating group) is 1. The van der Waals surface area contributed by atoms with Crippen molar-refractivity contribution >= 4 is 0 Å². The molecule has 110 valence electrons. The number of methoxy groups -OCH3 is 1. The molecule has 0 aromatic carbocycles. The number of hydrogen-bond donors (Lipinski definition) is 1. The fourth-order valence-electron chi connectivity index (χ4n) is 6.79. The lowest BCUT2D eigenvalue weighted by Gasteiger charge is -2.67. The van der Waals surface area contributed by atoms with Gasteiger partial charge >= 0.3 is 0 Å². The molecule has 4 aliphatic rings. The first kappa shape index (κ1) is 13.9. The Labute approximate surface area is 118 Å². The Morgan fingerprint density at radius 1 is 1.11 bits per heavy atom. The van der Waals surface area contributed by atoms with Crippen LogP contribution in [0.25, 0.3) is 0 Å². The predicted octanol–water partition coefficient (Wildman–Crippen LogP) is 3.61. The molecule has 19 heavy (non-hydrogen) atoms. The molecular formula is C17H31NO. The van der Waals surface area contributed by atoms with Crippen LogP contribution in [0.5, 0.6) is 0 Å². The lowest BCUT2D eigenvalue weighted by atomic mass is 9.39. The molecule has 3 unspecified atom stereocenters. The summed E-state index contributed by atoms with van der Waals surface area (Å²) < 4.78 is 5.55. The van der Waals surface area contributed by atoms with Crippen LogP contribution in [0, 0.1) is 22.2 Å². The maximum Gasteiger partial charge on any atom is 0.0621 e. The van der Waals surface area contributed by atoms with Crippen molar-refractivity contribution in [2.75, 3.05) is 20.3 Å². The van der Waals surface area contributed by atoms with E-state index >= 15 is 0 Å². The van der Waals surface area contributed by atoms with E-state index in [1.807, 2.05) is 7.11 Å². The van der Waals surface area contributed by atoms with E-state index in [1.54, 1.807) is 0 Å². The van der Waals surface area contributed by atoms with Crippen LogP contribution in [0.15, 0.2) is 0 Å². The van der Waals surface area contributed by atoms with E-state index in [2.05, 4.69) is 26.1 Å². The third-order valence-electron chi connectivity index (χ3n) is 6.19. The van der Waals surface area contributed by atoms with Gasteiger partial charge in [0.1, 0.15) is 0 Å². The van der Waals surface area contributed by atoms with Crippen molar-refractivity contribution in [1.82, 2.24) is 5.32 Å². The summed E-state index contributed by atoms with van der Waals surface area (Å²) in [4.78, 5) is 0. The minimum Gasteiger partial charge on any atom is -0.383 e. The summed E-state index contributed by atoms with van der Waals surface area (Å²) in [6.07, 6.45) is 8.72. The van der Waals surface area contributed by atoms with E-state index in [9.17, 15) is 0 Å². The van der Waals surface area contributed by atoms with Gasteiger partial charge in [-0.25, -0.2) is 0 Å². The molecule has 0 spiro atoms. The number of rotatable bonds is 5. The van der Waals surface area contributed by atoms with Gasteiger partial charge in [0.2, 0.25) is 0 Å². The van der Waals surface area contributed by atoms with Crippen molar-refractivity contribution in [3.63, 3.8) is 0 Å². The molecule has 4 saturated carbocycles. The largest absolute Gasteiger partial charge is 0.383 e. The van der Waals surface area contributed by atoms with E-state index in [4.69, 9.17) is 4.74 Å². The molecule has 2 heteroatoms. The lowest BCUT2D eigenvalue weighted by molar-refractivity contribution is -0.163. The maximum absolute atomic E-state index is 5.55. The van der Waals surface area contributed by atoms with Crippen molar-refractivity contribution in [2.45, 2.75) is 65.3 Å². The van der Waals surface area contributed by atoms with Crippen LogP contribution >= 0.6 is 0 Å². The van der Waals surface area contributed by atoms with Gasteiger partial charge in [-0.05, 0) is 67.2 Å². The normalized spacial score (nSPS) is 49.6. The Morgan fingerprint density at radius 2 is 1.74 bits per heavy atom. The van der Waals surface area contributed by atoms with Crippen LogP contribution in [-0.2, 0) is 4.74 Å². The summed E-state index contributed by atoms with van der Waals surface area (Å²) in [6.45, 7) is 9.29. The smallest absolute Gasteiger partial charge is 0.0621 e. The second-order valence-electron chi connectivity index (χ2n) is 8.56. The monoisotopic (exact) mass is 265 g/mol. The Hall–Kier alpha value is -0.0800. The standard InChI is InChI=1S/C17H31NO/c1-5-18-14(9-19-4)17-8-13-6-15(2,11-17)10-16(3,7-13)12-17/h13-14,18H,5-12H2,1-4H3. The third-order valence-corrected chi connectivity index (χ3v) is 6.19. The summed E-state index contributed by atoms with van der Waals surface area (Å²) in [5.41, 5.74) is 1.72. The molecule has 0 heterocycles. The second kappa shape index (κ2) is 4.46. The topological polar surface area (TPSA) is 21.3 Å². The molecule has 4 bridgehead atoms. The SMILES string of the molecule is CCNC(COC)C12CC3CC(C)(CC(C)(C3)C1)C2. The third kappa shape index (κ3) is 2.25. The molecular weight excluding hydrogens is 234 g/mol. The van der Waals surface area contributed by atoms with Gasteiger partial charge in [0.15, 0.2) is 0 Å². The minimum absolute atomic E-state index is 0.509. The Balaban J connectivity index is 1.90.